The smallest absolute Gasteiger partial charge is 0.230 e. The summed E-state index contributed by atoms with van der Waals surface area (Å²) in [5.41, 5.74) is 1.84. The van der Waals surface area contributed by atoms with Crippen molar-refractivity contribution in [2.45, 2.75) is 38.0 Å². The molecule has 1 N–H and O–H groups in total. The lowest BCUT2D eigenvalue weighted by atomic mass is 10.1. The molecule has 0 radical (unpaired) electrons. The van der Waals surface area contributed by atoms with E-state index in [4.69, 9.17) is 23.2 Å². The fourth-order valence-electron chi connectivity index (χ4n) is 2.81. The lowest BCUT2D eigenvalue weighted by molar-refractivity contribution is -0.119. The molecule has 29 heavy (non-hydrogen) atoms. The molecule has 2 aromatic heterocycles. The van der Waals surface area contributed by atoms with Crippen molar-refractivity contribution in [3.05, 3.63) is 58.3 Å². The highest BCUT2D eigenvalue weighted by molar-refractivity contribution is 7.99. The number of benzene rings is 1. The van der Waals surface area contributed by atoms with E-state index < -0.39 is 0 Å². The van der Waals surface area contributed by atoms with Gasteiger partial charge in [-0.1, -0.05) is 48.0 Å². The van der Waals surface area contributed by atoms with E-state index >= 15 is 0 Å². The largest absolute Gasteiger partial charge is 0.349 e. The van der Waals surface area contributed by atoms with Gasteiger partial charge in [-0.3, -0.25) is 9.78 Å². The Bertz CT molecular complexity index is 980. The maximum atomic E-state index is 12.4. The molecule has 3 rings (SSSR count). The topological polar surface area (TPSA) is 72.7 Å². The van der Waals surface area contributed by atoms with Crippen LogP contribution in [0, 0.1) is 0 Å². The summed E-state index contributed by atoms with van der Waals surface area (Å²) >= 11 is 13.4. The molecule has 152 valence electrons. The van der Waals surface area contributed by atoms with Crippen LogP contribution in [0.4, 0.5) is 0 Å². The Balaban J connectivity index is 1.65. The highest BCUT2D eigenvalue weighted by Crippen LogP contribution is 2.26. The van der Waals surface area contributed by atoms with E-state index in [0.29, 0.717) is 10.0 Å². The van der Waals surface area contributed by atoms with Gasteiger partial charge in [0.25, 0.3) is 0 Å². The summed E-state index contributed by atoms with van der Waals surface area (Å²) in [6.45, 7) is 4.77. The zero-order chi connectivity index (χ0) is 20.8. The summed E-state index contributed by atoms with van der Waals surface area (Å²) in [5.74, 6) is 0.926. The molecule has 2 heterocycles. The zero-order valence-electron chi connectivity index (χ0n) is 16.1. The minimum absolute atomic E-state index is 0.0925. The number of halogens is 2. The second kappa shape index (κ2) is 10.1. The fourth-order valence-corrected chi connectivity index (χ4v) is 3.90. The number of nitrogens with one attached hydrogen (secondary N) is 1. The molecule has 0 aliphatic heterocycles. The third-order valence-corrected chi connectivity index (χ3v) is 5.96. The van der Waals surface area contributed by atoms with Gasteiger partial charge in [0.2, 0.25) is 5.91 Å². The van der Waals surface area contributed by atoms with Gasteiger partial charge in [-0.2, -0.15) is 0 Å². The molecule has 0 spiro atoms. The van der Waals surface area contributed by atoms with Gasteiger partial charge in [-0.25, -0.2) is 0 Å². The molecule has 1 unspecified atom stereocenters. The third-order valence-electron chi connectivity index (χ3n) is 4.26. The number of thioether (sulfide) groups is 1. The van der Waals surface area contributed by atoms with E-state index in [2.05, 4.69) is 27.4 Å². The van der Waals surface area contributed by atoms with Crippen LogP contribution in [-0.4, -0.2) is 31.4 Å². The monoisotopic (exact) mass is 449 g/mol. The number of hydrogen-bond donors (Lipinski definition) is 1. The molecule has 1 atom stereocenters. The predicted molar refractivity (Wildman–Crippen MR) is 117 cm³/mol. The van der Waals surface area contributed by atoms with E-state index in [1.54, 1.807) is 24.5 Å². The highest BCUT2D eigenvalue weighted by atomic mass is 35.5. The highest BCUT2D eigenvalue weighted by Gasteiger charge is 2.16. The van der Waals surface area contributed by atoms with Gasteiger partial charge >= 0.3 is 0 Å². The molecule has 3 aromatic rings. The molecule has 0 aliphatic carbocycles. The third kappa shape index (κ3) is 5.50. The summed E-state index contributed by atoms with van der Waals surface area (Å²) in [6, 6.07) is 8.96. The number of amides is 1. The zero-order valence-corrected chi connectivity index (χ0v) is 18.4. The van der Waals surface area contributed by atoms with Gasteiger partial charge in [-0.15, -0.1) is 10.2 Å². The van der Waals surface area contributed by atoms with Crippen LogP contribution < -0.4 is 5.32 Å². The number of carbonyl (C=O) groups excluding carboxylic acids is 1. The van der Waals surface area contributed by atoms with Crippen LogP contribution in [0.15, 0.2) is 47.9 Å². The number of carbonyl (C=O) groups is 1. The Hall–Kier alpha value is -2.09. The first-order valence-corrected chi connectivity index (χ1v) is 10.9. The molecule has 0 saturated heterocycles. The Morgan fingerprint density at radius 3 is 2.62 bits per heavy atom. The number of pyridine rings is 1. The molecule has 1 amide bonds. The predicted octanol–water partition coefficient (Wildman–Crippen LogP) is 5.03. The number of rotatable bonds is 8. The van der Waals surface area contributed by atoms with Gasteiger partial charge in [0, 0.05) is 24.5 Å². The van der Waals surface area contributed by atoms with Crippen LogP contribution in [0.5, 0.6) is 0 Å². The summed E-state index contributed by atoms with van der Waals surface area (Å²) in [5, 5.41) is 13.3. The first-order chi connectivity index (χ1) is 14.0. The van der Waals surface area contributed by atoms with Crippen molar-refractivity contribution in [2.24, 2.45) is 0 Å². The van der Waals surface area contributed by atoms with E-state index in [1.165, 1.54) is 11.8 Å². The van der Waals surface area contributed by atoms with Gasteiger partial charge < -0.3 is 9.88 Å². The summed E-state index contributed by atoms with van der Waals surface area (Å²) in [7, 11) is 0. The van der Waals surface area contributed by atoms with Crippen molar-refractivity contribution in [1.29, 1.82) is 0 Å². The fraction of sp³-hybridized carbons (Fsp3) is 0.300. The van der Waals surface area contributed by atoms with Crippen LogP contribution in [0.3, 0.4) is 0 Å². The average molecular weight is 450 g/mol. The van der Waals surface area contributed by atoms with Crippen molar-refractivity contribution in [1.82, 2.24) is 25.1 Å². The van der Waals surface area contributed by atoms with Gasteiger partial charge in [-0.05, 0) is 43.2 Å². The SMILES string of the molecule is CCCn1c(SCC(=O)NC(C)c2ccc(Cl)c(Cl)c2)nnc1-c1ccncc1. The minimum atomic E-state index is -0.182. The molecule has 6 nitrogen and oxygen atoms in total. The lowest BCUT2D eigenvalue weighted by Gasteiger charge is -2.15. The Kier molecular flexibility index (Phi) is 7.52. The van der Waals surface area contributed by atoms with E-state index in [0.717, 1.165) is 35.1 Å². The van der Waals surface area contributed by atoms with Crippen molar-refractivity contribution < 1.29 is 4.79 Å². The Labute approximate surface area is 184 Å². The van der Waals surface area contributed by atoms with Crippen molar-refractivity contribution in [3.8, 4) is 11.4 Å². The molecule has 9 heteroatoms. The van der Waals surface area contributed by atoms with Gasteiger partial charge in [0.05, 0.1) is 21.8 Å². The summed E-state index contributed by atoms with van der Waals surface area (Å²) < 4.78 is 2.04. The molecular weight excluding hydrogens is 429 g/mol. The quantitative estimate of drug-likeness (QED) is 0.488. The first kappa shape index (κ1) is 21.6. The normalized spacial score (nSPS) is 12.0. The summed E-state index contributed by atoms with van der Waals surface area (Å²) in [6.07, 6.45) is 4.39. The standard InChI is InChI=1S/C20H21Cl2N5OS/c1-3-10-27-19(14-6-8-23-9-7-14)25-26-20(27)29-12-18(28)24-13(2)15-4-5-16(21)17(22)11-15/h4-9,11,13H,3,10,12H2,1-2H3,(H,24,28). The van der Waals surface area contributed by atoms with Gasteiger partial charge in [0.15, 0.2) is 11.0 Å². The van der Waals surface area contributed by atoms with Crippen molar-refractivity contribution >= 4 is 40.9 Å². The van der Waals surface area contributed by atoms with Crippen LogP contribution in [0.25, 0.3) is 11.4 Å². The maximum Gasteiger partial charge on any atom is 0.230 e. The van der Waals surface area contributed by atoms with Crippen molar-refractivity contribution in [3.63, 3.8) is 0 Å². The van der Waals surface area contributed by atoms with Crippen LogP contribution in [0.2, 0.25) is 10.0 Å². The second-order valence-electron chi connectivity index (χ2n) is 6.45. The molecular formula is C20H21Cl2N5OS. The molecule has 0 saturated carbocycles. The van der Waals surface area contributed by atoms with E-state index in [1.807, 2.05) is 29.7 Å². The summed E-state index contributed by atoms with van der Waals surface area (Å²) in [4.78, 5) is 16.5. The van der Waals surface area contributed by atoms with Crippen molar-refractivity contribution in [2.75, 3.05) is 5.75 Å². The van der Waals surface area contributed by atoms with E-state index in [-0.39, 0.29) is 17.7 Å². The van der Waals surface area contributed by atoms with Crippen LogP contribution in [-0.2, 0) is 11.3 Å². The first-order valence-electron chi connectivity index (χ1n) is 9.20. The molecule has 0 aliphatic rings. The molecule has 1 aromatic carbocycles. The van der Waals surface area contributed by atoms with Crippen LogP contribution in [0.1, 0.15) is 31.9 Å². The maximum absolute atomic E-state index is 12.4. The number of aromatic nitrogens is 4. The second-order valence-corrected chi connectivity index (χ2v) is 8.20. The average Bonchev–Trinajstić information content (AvgIpc) is 3.12. The van der Waals surface area contributed by atoms with E-state index in [9.17, 15) is 4.79 Å². The minimum Gasteiger partial charge on any atom is -0.349 e. The Morgan fingerprint density at radius 1 is 1.17 bits per heavy atom. The number of nitrogens with zero attached hydrogens (tertiary/aromatic N) is 4. The Morgan fingerprint density at radius 2 is 1.93 bits per heavy atom. The molecule has 0 bridgehead atoms. The number of hydrogen-bond acceptors (Lipinski definition) is 5. The lowest BCUT2D eigenvalue weighted by Crippen LogP contribution is -2.28. The van der Waals surface area contributed by atoms with Crippen LogP contribution >= 0.6 is 35.0 Å². The molecule has 0 fully saturated rings. The van der Waals surface area contributed by atoms with Gasteiger partial charge in [0.1, 0.15) is 0 Å².